The van der Waals surface area contributed by atoms with Gasteiger partial charge in [0.15, 0.2) is 5.82 Å². The Balaban J connectivity index is 2.13. The van der Waals surface area contributed by atoms with Crippen LogP contribution in [0.5, 0.6) is 0 Å². The lowest BCUT2D eigenvalue weighted by atomic mass is 10.2. The van der Waals surface area contributed by atoms with Crippen molar-refractivity contribution in [3.05, 3.63) is 11.7 Å². The second-order valence-corrected chi connectivity index (χ2v) is 4.48. The summed E-state index contributed by atoms with van der Waals surface area (Å²) in [5.74, 6) is 4.48. The Morgan fingerprint density at radius 1 is 1.62 bits per heavy atom. The van der Waals surface area contributed by atoms with E-state index in [0.717, 1.165) is 31.1 Å². The van der Waals surface area contributed by atoms with Crippen molar-refractivity contribution in [3.8, 4) is 12.3 Å². The van der Waals surface area contributed by atoms with Crippen molar-refractivity contribution in [2.24, 2.45) is 0 Å². The van der Waals surface area contributed by atoms with Crippen LogP contribution in [0.3, 0.4) is 0 Å². The molecule has 1 aliphatic heterocycles. The molecular formula is C12H17N3O. The Bertz CT molecular complexity index is 391. The average Bonchev–Trinajstić information content (AvgIpc) is 2.84. The molecule has 2 heterocycles. The monoisotopic (exact) mass is 219 g/mol. The first-order valence-corrected chi connectivity index (χ1v) is 5.73. The third-order valence-electron chi connectivity index (χ3n) is 2.92. The van der Waals surface area contributed by atoms with Crippen molar-refractivity contribution in [1.29, 1.82) is 0 Å². The molecule has 0 amide bonds. The summed E-state index contributed by atoms with van der Waals surface area (Å²) in [7, 11) is 0. The molecule has 1 aliphatic rings. The second kappa shape index (κ2) is 4.67. The van der Waals surface area contributed by atoms with Gasteiger partial charge in [-0.2, -0.15) is 4.98 Å². The van der Waals surface area contributed by atoms with Gasteiger partial charge < -0.3 is 4.52 Å². The molecule has 4 nitrogen and oxygen atoms in total. The van der Waals surface area contributed by atoms with Crippen LogP contribution in [-0.2, 0) is 0 Å². The number of hydrogen-bond acceptors (Lipinski definition) is 4. The number of nitrogens with zero attached hydrogens (tertiary/aromatic N) is 3. The van der Waals surface area contributed by atoms with Crippen LogP contribution in [0.25, 0.3) is 0 Å². The normalized spacial score (nSPS) is 21.5. The maximum absolute atomic E-state index is 5.34. The highest BCUT2D eigenvalue weighted by molar-refractivity contribution is 5.01. The predicted octanol–water partition coefficient (Wildman–Crippen LogP) is 1.96. The van der Waals surface area contributed by atoms with Crippen LogP contribution in [-0.4, -0.2) is 28.1 Å². The van der Waals surface area contributed by atoms with Gasteiger partial charge in [0.1, 0.15) is 0 Å². The smallest absolute Gasteiger partial charge is 0.244 e. The van der Waals surface area contributed by atoms with Gasteiger partial charge in [-0.1, -0.05) is 24.9 Å². The van der Waals surface area contributed by atoms with Crippen LogP contribution in [0.2, 0.25) is 0 Å². The van der Waals surface area contributed by atoms with Crippen molar-refractivity contribution in [3.63, 3.8) is 0 Å². The van der Waals surface area contributed by atoms with Gasteiger partial charge in [-0.3, -0.25) is 4.90 Å². The van der Waals surface area contributed by atoms with Crippen molar-refractivity contribution in [2.45, 2.75) is 38.6 Å². The van der Waals surface area contributed by atoms with Gasteiger partial charge in [0.2, 0.25) is 5.89 Å². The molecule has 1 aromatic rings. The number of hydrogen-bond donors (Lipinski definition) is 0. The van der Waals surface area contributed by atoms with E-state index in [1.54, 1.807) is 0 Å². The second-order valence-electron chi connectivity index (χ2n) is 4.48. The zero-order chi connectivity index (χ0) is 11.5. The minimum atomic E-state index is 0.219. The molecule has 4 heteroatoms. The summed E-state index contributed by atoms with van der Waals surface area (Å²) in [5.41, 5.74) is 0. The molecule has 1 atom stereocenters. The number of likely N-dealkylation sites (tertiary alicyclic amines) is 1. The van der Waals surface area contributed by atoms with Gasteiger partial charge in [-0.05, 0) is 19.4 Å². The van der Waals surface area contributed by atoms with Gasteiger partial charge >= 0.3 is 0 Å². The van der Waals surface area contributed by atoms with Gasteiger partial charge in [0.05, 0.1) is 12.6 Å². The summed E-state index contributed by atoms with van der Waals surface area (Å²) in [6.07, 6.45) is 7.55. The molecule has 16 heavy (non-hydrogen) atoms. The summed E-state index contributed by atoms with van der Waals surface area (Å²) in [4.78, 5) is 6.66. The Morgan fingerprint density at radius 3 is 3.06 bits per heavy atom. The fourth-order valence-corrected chi connectivity index (χ4v) is 2.03. The lowest BCUT2D eigenvalue weighted by molar-refractivity contribution is 0.228. The summed E-state index contributed by atoms with van der Waals surface area (Å²) >= 11 is 0. The quantitative estimate of drug-likeness (QED) is 0.729. The van der Waals surface area contributed by atoms with Crippen LogP contribution in [0, 0.1) is 12.3 Å². The van der Waals surface area contributed by atoms with Gasteiger partial charge in [-0.15, -0.1) is 6.42 Å². The van der Waals surface area contributed by atoms with E-state index in [-0.39, 0.29) is 6.04 Å². The molecular weight excluding hydrogens is 202 g/mol. The fraction of sp³-hybridized carbons (Fsp3) is 0.667. The minimum Gasteiger partial charge on any atom is -0.338 e. The largest absolute Gasteiger partial charge is 0.338 e. The first-order valence-electron chi connectivity index (χ1n) is 5.73. The highest BCUT2D eigenvalue weighted by Gasteiger charge is 2.30. The number of terminal acetylenes is 1. The summed E-state index contributed by atoms with van der Waals surface area (Å²) in [6.45, 7) is 5.79. The molecule has 0 radical (unpaired) electrons. The lowest BCUT2D eigenvalue weighted by Gasteiger charge is -2.17. The Morgan fingerprint density at radius 2 is 2.44 bits per heavy atom. The molecule has 0 spiro atoms. The SMILES string of the molecule is C#CCN1CCCC1c1nc(C(C)C)no1. The lowest BCUT2D eigenvalue weighted by Crippen LogP contribution is -2.23. The summed E-state index contributed by atoms with van der Waals surface area (Å²) in [5, 5.41) is 3.99. The molecule has 0 aromatic carbocycles. The van der Waals surface area contributed by atoms with Crippen molar-refractivity contribution >= 4 is 0 Å². The third kappa shape index (κ3) is 2.10. The average molecular weight is 219 g/mol. The van der Waals surface area contributed by atoms with E-state index in [0.29, 0.717) is 12.5 Å². The number of rotatable bonds is 3. The predicted molar refractivity (Wildman–Crippen MR) is 60.8 cm³/mol. The molecule has 1 unspecified atom stereocenters. The summed E-state index contributed by atoms with van der Waals surface area (Å²) in [6, 6.07) is 0.219. The Labute approximate surface area is 96.0 Å². The van der Waals surface area contributed by atoms with Crippen LogP contribution in [0.1, 0.15) is 50.4 Å². The third-order valence-corrected chi connectivity index (χ3v) is 2.92. The van der Waals surface area contributed by atoms with Crippen LogP contribution in [0.15, 0.2) is 4.52 Å². The Hall–Kier alpha value is -1.34. The molecule has 1 saturated heterocycles. The van der Waals surface area contributed by atoms with E-state index < -0.39 is 0 Å². The van der Waals surface area contributed by atoms with Crippen molar-refractivity contribution in [2.75, 3.05) is 13.1 Å². The van der Waals surface area contributed by atoms with Crippen molar-refractivity contribution < 1.29 is 4.52 Å². The van der Waals surface area contributed by atoms with Gasteiger partial charge in [0, 0.05) is 5.92 Å². The van der Waals surface area contributed by atoms with Crippen LogP contribution in [0.4, 0.5) is 0 Å². The first kappa shape index (κ1) is 11.2. The molecule has 1 aromatic heterocycles. The van der Waals surface area contributed by atoms with Gasteiger partial charge in [0.25, 0.3) is 0 Å². The summed E-state index contributed by atoms with van der Waals surface area (Å²) < 4.78 is 5.32. The molecule has 1 fully saturated rings. The fourth-order valence-electron chi connectivity index (χ4n) is 2.03. The highest BCUT2D eigenvalue weighted by atomic mass is 16.5. The zero-order valence-electron chi connectivity index (χ0n) is 9.81. The van der Waals surface area contributed by atoms with E-state index in [9.17, 15) is 0 Å². The van der Waals surface area contributed by atoms with E-state index in [1.165, 1.54) is 0 Å². The standard InChI is InChI=1S/C12H17N3O/c1-4-7-15-8-5-6-10(15)12-13-11(9(2)3)14-16-12/h1,9-10H,5-8H2,2-3H3. The molecule has 0 saturated carbocycles. The molecule has 86 valence electrons. The zero-order valence-corrected chi connectivity index (χ0v) is 9.81. The molecule has 2 rings (SSSR count). The topological polar surface area (TPSA) is 42.2 Å². The van der Waals surface area contributed by atoms with E-state index in [1.807, 2.05) is 0 Å². The van der Waals surface area contributed by atoms with Crippen LogP contribution >= 0.6 is 0 Å². The molecule has 0 N–H and O–H groups in total. The van der Waals surface area contributed by atoms with E-state index in [2.05, 4.69) is 34.8 Å². The highest BCUT2D eigenvalue weighted by Crippen LogP contribution is 2.30. The molecule has 0 bridgehead atoms. The molecule has 0 aliphatic carbocycles. The maximum Gasteiger partial charge on any atom is 0.244 e. The van der Waals surface area contributed by atoms with E-state index in [4.69, 9.17) is 10.9 Å². The van der Waals surface area contributed by atoms with Gasteiger partial charge in [-0.25, -0.2) is 0 Å². The van der Waals surface area contributed by atoms with Crippen molar-refractivity contribution in [1.82, 2.24) is 15.0 Å². The van der Waals surface area contributed by atoms with Crippen LogP contribution < -0.4 is 0 Å². The minimum absolute atomic E-state index is 0.219. The number of aromatic nitrogens is 2. The Kier molecular flexibility index (Phi) is 3.25. The maximum atomic E-state index is 5.34. The van der Waals surface area contributed by atoms with E-state index >= 15 is 0 Å². The first-order chi connectivity index (χ1) is 7.72.